The van der Waals surface area contributed by atoms with E-state index in [0.29, 0.717) is 18.8 Å². The van der Waals surface area contributed by atoms with E-state index in [-0.39, 0.29) is 5.91 Å². The lowest BCUT2D eigenvalue weighted by Gasteiger charge is -2.36. The summed E-state index contributed by atoms with van der Waals surface area (Å²) in [6, 6.07) is 3.33. The van der Waals surface area contributed by atoms with Crippen LogP contribution in [0.2, 0.25) is 0 Å². The molecule has 1 aromatic rings. The summed E-state index contributed by atoms with van der Waals surface area (Å²) in [7, 11) is 0. The van der Waals surface area contributed by atoms with E-state index < -0.39 is 5.60 Å². The topological polar surface area (TPSA) is 53.7 Å². The number of hydrogen-bond acceptors (Lipinski definition) is 3. The van der Waals surface area contributed by atoms with Gasteiger partial charge in [-0.1, -0.05) is 0 Å². The number of likely N-dealkylation sites (tertiary alicyclic amines) is 1. The van der Waals surface area contributed by atoms with Gasteiger partial charge in [-0.05, 0) is 31.9 Å². The van der Waals surface area contributed by atoms with Gasteiger partial charge in [-0.3, -0.25) is 4.79 Å². The SMILES string of the molecule is CC1(O)CCCN(C(=O)c2ccco2)C1. The Hall–Kier alpha value is -1.29. The van der Waals surface area contributed by atoms with Gasteiger partial charge >= 0.3 is 0 Å². The van der Waals surface area contributed by atoms with E-state index in [4.69, 9.17) is 4.42 Å². The first kappa shape index (κ1) is 10.2. The number of amides is 1. The third-order valence-electron chi connectivity index (χ3n) is 2.69. The summed E-state index contributed by atoms with van der Waals surface area (Å²) in [5.41, 5.74) is -0.763. The number of β-amino-alcohol motifs (C(OH)–C–C–N with tert-alkyl or cyclic N) is 1. The summed E-state index contributed by atoms with van der Waals surface area (Å²) in [5, 5.41) is 9.87. The molecule has 0 saturated carbocycles. The number of carbonyl (C=O) groups is 1. The molecule has 0 aliphatic carbocycles. The van der Waals surface area contributed by atoms with Crippen molar-refractivity contribution in [2.45, 2.75) is 25.4 Å². The van der Waals surface area contributed by atoms with Crippen LogP contribution in [0, 0.1) is 0 Å². The summed E-state index contributed by atoms with van der Waals surface area (Å²) in [6.07, 6.45) is 3.06. The summed E-state index contributed by atoms with van der Waals surface area (Å²) >= 11 is 0. The minimum Gasteiger partial charge on any atom is -0.459 e. The van der Waals surface area contributed by atoms with Crippen molar-refractivity contribution in [2.75, 3.05) is 13.1 Å². The Morgan fingerprint density at radius 1 is 1.67 bits per heavy atom. The third-order valence-corrected chi connectivity index (χ3v) is 2.69. The molecule has 82 valence electrons. The lowest BCUT2D eigenvalue weighted by Crippen LogP contribution is -2.48. The quantitative estimate of drug-likeness (QED) is 0.757. The number of aliphatic hydroxyl groups is 1. The maximum absolute atomic E-state index is 11.9. The summed E-state index contributed by atoms with van der Waals surface area (Å²) in [4.78, 5) is 13.5. The summed E-state index contributed by atoms with van der Waals surface area (Å²) in [6.45, 7) is 2.83. The van der Waals surface area contributed by atoms with Crippen molar-refractivity contribution < 1.29 is 14.3 Å². The highest BCUT2D eigenvalue weighted by Gasteiger charge is 2.31. The van der Waals surface area contributed by atoms with Gasteiger partial charge in [0.2, 0.25) is 0 Å². The molecule has 1 unspecified atom stereocenters. The van der Waals surface area contributed by atoms with E-state index in [0.717, 1.165) is 12.8 Å². The highest BCUT2D eigenvalue weighted by Crippen LogP contribution is 2.21. The van der Waals surface area contributed by atoms with Crippen LogP contribution < -0.4 is 0 Å². The molecule has 0 radical (unpaired) electrons. The Labute approximate surface area is 88.5 Å². The molecule has 1 aliphatic heterocycles. The maximum atomic E-state index is 11.9. The van der Waals surface area contributed by atoms with Gasteiger partial charge in [0.15, 0.2) is 5.76 Å². The summed E-state index contributed by atoms with van der Waals surface area (Å²) in [5.74, 6) is 0.202. The molecule has 1 aromatic heterocycles. The first-order valence-corrected chi connectivity index (χ1v) is 5.14. The minimum atomic E-state index is -0.763. The lowest BCUT2D eigenvalue weighted by atomic mass is 9.95. The second-order valence-electron chi connectivity index (χ2n) is 4.30. The van der Waals surface area contributed by atoms with Crippen LogP contribution in [0.25, 0.3) is 0 Å². The second-order valence-corrected chi connectivity index (χ2v) is 4.30. The van der Waals surface area contributed by atoms with Crippen LogP contribution >= 0.6 is 0 Å². The fraction of sp³-hybridized carbons (Fsp3) is 0.545. The van der Waals surface area contributed by atoms with Crippen molar-refractivity contribution in [1.82, 2.24) is 4.90 Å². The zero-order chi connectivity index (χ0) is 10.9. The van der Waals surface area contributed by atoms with Crippen LogP contribution in [-0.4, -0.2) is 34.6 Å². The molecule has 0 bridgehead atoms. The molecular weight excluding hydrogens is 194 g/mol. The molecule has 1 fully saturated rings. The molecule has 0 spiro atoms. The average Bonchev–Trinajstić information content (AvgIpc) is 2.67. The molecule has 1 N–H and O–H groups in total. The van der Waals surface area contributed by atoms with Gasteiger partial charge in [0.1, 0.15) is 0 Å². The van der Waals surface area contributed by atoms with Crippen molar-refractivity contribution in [3.8, 4) is 0 Å². The highest BCUT2D eigenvalue weighted by atomic mass is 16.3. The van der Waals surface area contributed by atoms with Crippen LogP contribution in [0.1, 0.15) is 30.3 Å². The number of nitrogens with zero attached hydrogens (tertiary/aromatic N) is 1. The van der Waals surface area contributed by atoms with E-state index in [1.807, 2.05) is 0 Å². The molecule has 15 heavy (non-hydrogen) atoms. The molecule has 1 amide bonds. The van der Waals surface area contributed by atoms with Gasteiger partial charge in [-0.2, -0.15) is 0 Å². The number of furan rings is 1. The van der Waals surface area contributed by atoms with E-state index >= 15 is 0 Å². The van der Waals surface area contributed by atoms with Crippen LogP contribution in [0.3, 0.4) is 0 Å². The predicted octanol–water partition coefficient (Wildman–Crippen LogP) is 1.27. The lowest BCUT2D eigenvalue weighted by molar-refractivity contribution is -0.0117. The molecule has 1 atom stereocenters. The molecule has 1 saturated heterocycles. The number of carbonyl (C=O) groups excluding carboxylic acids is 1. The third kappa shape index (κ3) is 2.21. The van der Waals surface area contributed by atoms with Gasteiger partial charge in [-0.15, -0.1) is 0 Å². The van der Waals surface area contributed by atoms with E-state index in [1.165, 1.54) is 6.26 Å². The van der Waals surface area contributed by atoms with Gasteiger partial charge < -0.3 is 14.4 Å². The van der Waals surface area contributed by atoms with Gasteiger partial charge in [-0.25, -0.2) is 0 Å². The fourth-order valence-electron chi connectivity index (χ4n) is 1.95. The normalized spacial score (nSPS) is 26.7. The zero-order valence-electron chi connectivity index (χ0n) is 8.77. The average molecular weight is 209 g/mol. The van der Waals surface area contributed by atoms with Crippen molar-refractivity contribution in [2.24, 2.45) is 0 Å². The van der Waals surface area contributed by atoms with Crippen molar-refractivity contribution >= 4 is 5.91 Å². The maximum Gasteiger partial charge on any atom is 0.289 e. The molecule has 2 heterocycles. The first-order valence-electron chi connectivity index (χ1n) is 5.14. The second kappa shape index (κ2) is 3.70. The molecule has 0 aromatic carbocycles. The molecule has 4 heteroatoms. The minimum absolute atomic E-state index is 0.139. The zero-order valence-corrected chi connectivity index (χ0v) is 8.77. The Kier molecular flexibility index (Phi) is 2.52. The van der Waals surface area contributed by atoms with Gasteiger partial charge in [0, 0.05) is 13.1 Å². The first-order chi connectivity index (χ1) is 7.08. The Morgan fingerprint density at radius 2 is 2.47 bits per heavy atom. The van der Waals surface area contributed by atoms with Crippen LogP contribution in [-0.2, 0) is 0 Å². The number of piperidine rings is 1. The molecule has 2 rings (SSSR count). The van der Waals surface area contributed by atoms with Crippen LogP contribution in [0.4, 0.5) is 0 Å². The van der Waals surface area contributed by atoms with Crippen molar-refractivity contribution in [3.63, 3.8) is 0 Å². The predicted molar refractivity (Wildman–Crippen MR) is 54.5 cm³/mol. The molecular formula is C11H15NO3. The van der Waals surface area contributed by atoms with Crippen LogP contribution in [0.5, 0.6) is 0 Å². The monoisotopic (exact) mass is 209 g/mol. The highest BCUT2D eigenvalue weighted by molar-refractivity contribution is 5.91. The standard InChI is InChI=1S/C11H15NO3/c1-11(14)5-3-6-12(8-11)10(13)9-4-2-7-15-9/h2,4,7,14H,3,5-6,8H2,1H3. The largest absolute Gasteiger partial charge is 0.459 e. The smallest absolute Gasteiger partial charge is 0.289 e. The van der Waals surface area contributed by atoms with E-state index in [9.17, 15) is 9.90 Å². The van der Waals surface area contributed by atoms with Crippen molar-refractivity contribution in [3.05, 3.63) is 24.2 Å². The van der Waals surface area contributed by atoms with E-state index in [2.05, 4.69) is 0 Å². The number of rotatable bonds is 1. The van der Waals surface area contributed by atoms with Crippen LogP contribution in [0.15, 0.2) is 22.8 Å². The Bertz CT molecular complexity index is 343. The fourth-order valence-corrected chi connectivity index (χ4v) is 1.95. The molecule has 4 nitrogen and oxygen atoms in total. The Morgan fingerprint density at radius 3 is 3.07 bits per heavy atom. The Balaban J connectivity index is 2.08. The van der Waals surface area contributed by atoms with Gasteiger partial charge in [0.05, 0.1) is 11.9 Å². The van der Waals surface area contributed by atoms with E-state index in [1.54, 1.807) is 24.0 Å². The molecule has 1 aliphatic rings. The number of hydrogen-bond donors (Lipinski definition) is 1. The summed E-state index contributed by atoms with van der Waals surface area (Å²) < 4.78 is 5.04. The van der Waals surface area contributed by atoms with Crippen molar-refractivity contribution in [1.29, 1.82) is 0 Å². The van der Waals surface area contributed by atoms with Gasteiger partial charge in [0.25, 0.3) is 5.91 Å².